The Morgan fingerprint density at radius 1 is 1.14 bits per heavy atom. The highest BCUT2D eigenvalue weighted by Gasteiger charge is 2.12. The molecule has 0 amide bonds. The van der Waals surface area contributed by atoms with Gasteiger partial charge in [-0.2, -0.15) is 4.98 Å². The van der Waals surface area contributed by atoms with Crippen LogP contribution in [0.2, 0.25) is 5.02 Å². The maximum Gasteiger partial charge on any atom is 0.260 e. The van der Waals surface area contributed by atoms with Crippen LogP contribution in [0, 0.1) is 0 Å². The molecule has 0 aliphatic carbocycles. The third-order valence-corrected chi connectivity index (χ3v) is 3.75. The van der Waals surface area contributed by atoms with Crippen LogP contribution in [0.1, 0.15) is 11.4 Å². The second-order valence-electron chi connectivity index (χ2n) is 4.55. The molecule has 3 aromatic rings. The lowest BCUT2D eigenvalue weighted by molar-refractivity contribution is 0.424. The van der Waals surface area contributed by atoms with Crippen LogP contribution in [0.5, 0.6) is 0 Å². The van der Waals surface area contributed by atoms with Crippen LogP contribution in [0.4, 0.5) is 5.69 Å². The lowest BCUT2D eigenvalue weighted by Crippen LogP contribution is -1.92. The molecule has 0 aliphatic rings. The Morgan fingerprint density at radius 3 is 2.62 bits per heavy atom. The van der Waals surface area contributed by atoms with Gasteiger partial charge in [-0.05, 0) is 35.9 Å². The van der Waals surface area contributed by atoms with Crippen molar-refractivity contribution in [3.63, 3.8) is 0 Å². The van der Waals surface area contributed by atoms with Crippen molar-refractivity contribution >= 4 is 33.2 Å². The van der Waals surface area contributed by atoms with E-state index in [2.05, 4.69) is 26.1 Å². The minimum absolute atomic E-state index is 0.399. The number of hydrogen-bond donors (Lipinski definition) is 1. The second-order valence-corrected chi connectivity index (χ2v) is 5.90. The first-order valence-electron chi connectivity index (χ1n) is 6.24. The first-order chi connectivity index (χ1) is 10.1. The lowest BCUT2D eigenvalue weighted by atomic mass is 10.1. The van der Waals surface area contributed by atoms with E-state index in [9.17, 15) is 0 Å². The molecule has 0 saturated carbocycles. The molecule has 0 atom stereocenters. The first-order valence-corrected chi connectivity index (χ1v) is 7.41. The van der Waals surface area contributed by atoms with Gasteiger partial charge >= 0.3 is 0 Å². The van der Waals surface area contributed by atoms with Gasteiger partial charge in [0, 0.05) is 21.6 Å². The van der Waals surface area contributed by atoms with Gasteiger partial charge in [0.2, 0.25) is 0 Å². The summed E-state index contributed by atoms with van der Waals surface area (Å²) in [5.41, 5.74) is 8.22. The van der Waals surface area contributed by atoms with Crippen molar-refractivity contribution in [1.29, 1.82) is 0 Å². The van der Waals surface area contributed by atoms with Gasteiger partial charge in [-0.3, -0.25) is 0 Å². The molecule has 1 aromatic heterocycles. The molecule has 0 saturated heterocycles. The van der Waals surface area contributed by atoms with Crippen molar-refractivity contribution in [3.05, 3.63) is 63.3 Å². The number of benzene rings is 2. The topological polar surface area (TPSA) is 64.9 Å². The monoisotopic (exact) mass is 363 g/mol. The predicted octanol–water partition coefficient (Wildman–Crippen LogP) is 4.33. The maximum absolute atomic E-state index is 5.91. The first kappa shape index (κ1) is 14.1. The second kappa shape index (κ2) is 5.87. The molecule has 2 aromatic carbocycles. The Morgan fingerprint density at radius 2 is 1.90 bits per heavy atom. The molecule has 1 heterocycles. The standard InChI is InChI=1S/C15H11BrClN3O/c16-10-3-1-9(2-4-10)7-14-19-15(21-20-14)12-6-5-11(17)8-13(12)18/h1-6,8H,7,18H2. The Balaban J connectivity index is 1.84. The fraction of sp³-hybridized carbons (Fsp3) is 0.0667. The summed E-state index contributed by atoms with van der Waals surface area (Å²) >= 11 is 9.28. The van der Waals surface area contributed by atoms with E-state index in [1.54, 1.807) is 18.2 Å². The summed E-state index contributed by atoms with van der Waals surface area (Å²) in [6.07, 6.45) is 0.601. The number of aromatic nitrogens is 2. The average Bonchev–Trinajstić information content (AvgIpc) is 2.90. The van der Waals surface area contributed by atoms with E-state index in [1.165, 1.54) is 0 Å². The minimum atomic E-state index is 0.399. The fourth-order valence-corrected chi connectivity index (χ4v) is 2.39. The van der Waals surface area contributed by atoms with Crippen LogP contribution in [0.15, 0.2) is 51.5 Å². The summed E-state index contributed by atoms with van der Waals surface area (Å²) in [5.74, 6) is 1.01. The van der Waals surface area contributed by atoms with Crippen molar-refractivity contribution in [1.82, 2.24) is 10.1 Å². The Bertz CT molecular complexity index is 771. The molecule has 0 radical (unpaired) electrons. The SMILES string of the molecule is Nc1cc(Cl)ccc1-c1nc(Cc2ccc(Br)cc2)no1. The molecular weight excluding hydrogens is 354 g/mol. The van der Waals surface area contributed by atoms with E-state index >= 15 is 0 Å². The smallest absolute Gasteiger partial charge is 0.260 e. The van der Waals surface area contributed by atoms with Gasteiger partial charge in [0.25, 0.3) is 5.89 Å². The van der Waals surface area contributed by atoms with Crippen LogP contribution in [-0.2, 0) is 6.42 Å². The fourth-order valence-electron chi connectivity index (χ4n) is 1.95. The molecule has 0 bridgehead atoms. The predicted molar refractivity (Wildman–Crippen MR) is 86.1 cm³/mol. The molecule has 2 N–H and O–H groups in total. The summed E-state index contributed by atoms with van der Waals surface area (Å²) in [4.78, 5) is 4.38. The normalized spacial score (nSPS) is 10.8. The number of nitrogens with two attached hydrogens (primary N) is 1. The van der Waals surface area contributed by atoms with Gasteiger partial charge < -0.3 is 10.3 Å². The summed E-state index contributed by atoms with van der Waals surface area (Å²) in [7, 11) is 0. The molecule has 0 unspecified atom stereocenters. The molecule has 6 heteroatoms. The molecule has 0 aliphatic heterocycles. The zero-order chi connectivity index (χ0) is 14.8. The van der Waals surface area contributed by atoms with Crippen LogP contribution >= 0.6 is 27.5 Å². The van der Waals surface area contributed by atoms with Crippen LogP contribution in [0.25, 0.3) is 11.5 Å². The number of hydrogen-bond acceptors (Lipinski definition) is 4. The number of rotatable bonds is 3. The van der Waals surface area contributed by atoms with Gasteiger partial charge in [0.15, 0.2) is 5.82 Å². The third-order valence-electron chi connectivity index (χ3n) is 2.99. The van der Waals surface area contributed by atoms with Crippen molar-refractivity contribution in [2.75, 3.05) is 5.73 Å². The van der Waals surface area contributed by atoms with Gasteiger partial charge in [0.1, 0.15) is 0 Å². The van der Waals surface area contributed by atoms with Crippen molar-refractivity contribution in [2.45, 2.75) is 6.42 Å². The van der Waals surface area contributed by atoms with E-state index in [1.807, 2.05) is 24.3 Å². The molecule has 4 nitrogen and oxygen atoms in total. The largest absolute Gasteiger partial charge is 0.398 e. The highest BCUT2D eigenvalue weighted by molar-refractivity contribution is 9.10. The van der Waals surface area contributed by atoms with E-state index < -0.39 is 0 Å². The molecular formula is C15H11BrClN3O. The van der Waals surface area contributed by atoms with Crippen molar-refractivity contribution in [2.24, 2.45) is 0 Å². The van der Waals surface area contributed by atoms with E-state index in [0.717, 1.165) is 10.0 Å². The quantitative estimate of drug-likeness (QED) is 0.703. The Labute approximate surface area is 135 Å². The Hall–Kier alpha value is -1.85. The highest BCUT2D eigenvalue weighted by Crippen LogP contribution is 2.27. The minimum Gasteiger partial charge on any atom is -0.398 e. The molecule has 3 rings (SSSR count). The molecule has 21 heavy (non-hydrogen) atoms. The highest BCUT2D eigenvalue weighted by atomic mass is 79.9. The van der Waals surface area contributed by atoms with Gasteiger partial charge in [-0.1, -0.05) is 44.8 Å². The summed E-state index contributed by atoms with van der Waals surface area (Å²) in [5, 5.41) is 4.56. The molecule has 0 spiro atoms. The third kappa shape index (κ3) is 3.25. The summed E-state index contributed by atoms with van der Waals surface area (Å²) < 4.78 is 6.31. The summed E-state index contributed by atoms with van der Waals surface area (Å²) in [6, 6.07) is 13.2. The maximum atomic E-state index is 5.91. The van der Waals surface area contributed by atoms with Crippen LogP contribution in [0.3, 0.4) is 0 Å². The molecule has 0 fully saturated rings. The number of nitrogens with zero attached hydrogens (tertiary/aromatic N) is 2. The lowest BCUT2D eigenvalue weighted by Gasteiger charge is -2.00. The zero-order valence-electron chi connectivity index (χ0n) is 10.9. The average molecular weight is 365 g/mol. The van der Waals surface area contributed by atoms with Crippen molar-refractivity contribution < 1.29 is 4.52 Å². The molecule has 106 valence electrons. The van der Waals surface area contributed by atoms with Crippen molar-refractivity contribution in [3.8, 4) is 11.5 Å². The number of halogens is 2. The number of anilines is 1. The van der Waals surface area contributed by atoms with Gasteiger partial charge in [-0.25, -0.2) is 0 Å². The van der Waals surface area contributed by atoms with Gasteiger partial charge in [0.05, 0.1) is 5.56 Å². The zero-order valence-corrected chi connectivity index (χ0v) is 13.2. The van der Waals surface area contributed by atoms with E-state index in [0.29, 0.717) is 34.4 Å². The van der Waals surface area contributed by atoms with E-state index in [4.69, 9.17) is 21.9 Å². The van der Waals surface area contributed by atoms with Crippen LogP contribution < -0.4 is 5.73 Å². The number of nitrogen functional groups attached to an aromatic ring is 1. The van der Waals surface area contributed by atoms with Gasteiger partial charge in [-0.15, -0.1) is 0 Å². The Kier molecular flexibility index (Phi) is 3.94. The summed E-state index contributed by atoms with van der Waals surface area (Å²) in [6.45, 7) is 0. The van der Waals surface area contributed by atoms with Crippen LogP contribution in [-0.4, -0.2) is 10.1 Å². The van der Waals surface area contributed by atoms with E-state index in [-0.39, 0.29) is 0 Å².